The van der Waals surface area contributed by atoms with Crippen LogP contribution in [0.4, 0.5) is 0 Å². The van der Waals surface area contributed by atoms with Crippen molar-refractivity contribution in [3.8, 4) is 10.6 Å². The van der Waals surface area contributed by atoms with Crippen LogP contribution in [0.3, 0.4) is 0 Å². The molecular weight excluding hydrogens is 230 g/mol. The Morgan fingerprint density at radius 3 is 2.88 bits per heavy atom. The number of pyridine rings is 1. The first-order chi connectivity index (χ1) is 8.38. The van der Waals surface area contributed by atoms with Gasteiger partial charge in [0.2, 0.25) is 0 Å². The summed E-state index contributed by atoms with van der Waals surface area (Å²) in [6.07, 6.45) is 1.81. The molecule has 3 nitrogen and oxygen atoms in total. The second-order valence-corrected chi connectivity index (χ2v) is 4.59. The SMILES string of the molecule is NCc1csc(-c2cccc3cccnc23)n1. The van der Waals surface area contributed by atoms with E-state index in [-0.39, 0.29) is 0 Å². The zero-order chi connectivity index (χ0) is 11.7. The van der Waals surface area contributed by atoms with Crippen molar-refractivity contribution in [2.45, 2.75) is 6.54 Å². The van der Waals surface area contributed by atoms with E-state index in [1.54, 1.807) is 11.3 Å². The number of aromatic nitrogens is 2. The molecule has 0 fully saturated rings. The van der Waals surface area contributed by atoms with Crippen LogP contribution in [0.1, 0.15) is 5.69 Å². The molecule has 84 valence electrons. The van der Waals surface area contributed by atoms with E-state index in [2.05, 4.69) is 28.2 Å². The van der Waals surface area contributed by atoms with Gasteiger partial charge in [0.05, 0.1) is 11.2 Å². The van der Waals surface area contributed by atoms with Crippen LogP contribution in [0.5, 0.6) is 0 Å². The molecule has 0 aliphatic rings. The van der Waals surface area contributed by atoms with Crippen molar-refractivity contribution in [1.29, 1.82) is 0 Å². The first-order valence-electron chi connectivity index (χ1n) is 5.37. The predicted molar refractivity (Wildman–Crippen MR) is 70.7 cm³/mol. The largest absolute Gasteiger partial charge is 0.325 e. The summed E-state index contributed by atoms with van der Waals surface area (Å²) in [4.78, 5) is 8.93. The third kappa shape index (κ3) is 1.81. The van der Waals surface area contributed by atoms with Crippen LogP contribution >= 0.6 is 11.3 Å². The zero-order valence-electron chi connectivity index (χ0n) is 9.13. The summed E-state index contributed by atoms with van der Waals surface area (Å²) in [7, 11) is 0. The highest BCUT2D eigenvalue weighted by Crippen LogP contribution is 2.29. The Morgan fingerprint density at radius 1 is 1.18 bits per heavy atom. The van der Waals surface area contributed by atoms with Crippen molar-refractivity contribution in [1.82, 2.24) is 9.97 Å². The molecule has 0 radical (unpaired) electrons. The Hall–Kier alpha value is -1.78. The second kappa shape index (κ2) is 4.24. The van der Waals surface area contributed by atoms with Crippen molar-refractivity contribution >= 4 is 22.2 Å². The molecule has 0 saturated heterocycles. The van der Waals surface area contributed by atoms with Crippen LogP contribution in [0.25, 0.3) is 21.5 Å². The van der Waals surface area contributed by atoms with Gasteiger partial charge in [-0.1, -0.05) is 18.2 Å². The highest BCUT2D eigenvalue weighted by molar-refractivity contribution is 7.13. The highest BCUT2D eigenvalue weighted by Gasteiger charge is 2.08. The maximum Gasteiger partial charge on any atom is 0.125 e. The molecule has 2 aromatic heterocycles. The third-order valence-corrected chi connectivity index (χ3v) is 3.55. The Bertz CT molecular complexity index is 655. The van der Waals surface area contributed by atoms with E-state index in [4.69, 9.17) is 5.73 Å². The van der Waals surface area contributed by atoms with E-state index >= 15 is 0 Å². The standard InChI is InChI=1S/C13H11N3S/c14-7-10-8-17-13(16-10)11-5-1-3-9-4-2-6-15-12(9)11/h1-6,8H,7,14H2. The number of nitrogens with zero attached hydrogens (tertiary/aromatic N) is 2. The fourth-order valence-corrected chi connectivity index (χ4v) is 2.66. The van der Waals surface area contributed by atoms with Gasteiger partial charge in [-0.15, -0.1) is 11.3 Å². The quantitative estimate of drug-likeness (QED) is 0.750. The number of thiazole rings is 1. The minimum atomic E-state index is 0.481. The van der Waals surface area contributed by atoms with Crippen LogP contribution in [-0.2, 0) is 6.54 Å². The van der Waals surface area contributed by atoms with Crippen LogP contribution in [0.2, 0.25) is 0 Å². The van der Waals surface area contributed by atoms with E-state index in [1.807, 2.05) is 23.7 Å². The van der Waals surface area contributed by atoms with Gasteiger partial charge in [0.25, 0.3) is 0 Å². The number of hydrogen-bond acceptors (Lipinski definition) is 4. The smallest absolute Gasteiger partial charge is 0.125 e. The summed E-state index contributed by atoms with van der Waals surface area (Å²) in [5, 5.41) is 4.11. The lowest BCUT2D eigenvalue weighted by molar-refractivity contribution is 1.01. The molecule has 0 aliphatic heterocycles. The van der Waals surface area contributed by atoms with Crippen LogP contribution < -0.4 is 5.73 Å². The summed E-state index contributed by atoms with van der Waals surface area (Å²) in [5.74, 6) is 0. The third-order valence-electron chi connectivity index (χ3n) is 2.62. The molecule has 0 saturated carbocycles. The number of nitrogens with two attached hydrogens (primary N) is 1. The van der Waals surface area contributed by atoms with Gasteiger partial charge in [-0.25, -0.2) is 4.98 Å². The average Bonchev–Trinajstić information content (AvgIpc) is 2.87. The lowest BCUT2D eigenvalue weighted by Crippen LogP contribution is -1.95. The molecule has 3 aromatic rings. The van der Waals surface area contributed by atoms with Gasteiger partial charge < -0.3 is 5.73 Å². The molecule has 2 N–H and O–H groups in total. The van der Waals surface area contributed by atoms with Crippen LogP contribution in [-0.4, -0.2) is 9.97 Å². The minimum Gasteiger partial charge on any atom is -0.325 e. The molecule has 1 aromatic carbocycles. The molecule has 3 rings (SSSR count). The summed E-state index contributed by atoms with van der Waals surface area (Å²) >= 11 is 1.61. The van der Waals surface area contributed by atoms with Gasteiger partial charge in [0, 0.05) is 29.1 Å². The van der Waals surface area contributed by atoms with Crippen LogP contribution in [0.15, 0.2) is 41.9 Å². The first-order valence-corrected chi connectivity index (χ1v) is 6.25. The Balaban J connectivity index is 2.23. The normalized spacial score (nSPS) is 10.9. The lowest BCUT2D eigenvalue weighted by atomic mass is 10.1. The van der Waals surface area contributed by atoms with Gasteiger partial charge >= 0.3 is 0 Å². The van der Waals surface area contributed by atoms with Gasteiger partial charge in [0.1, 0.15) is 5.01 Å². The van der Waals surface area contributed by atoms with Crippen molar-refractivity contribution in [3.63, 3.8) is 0 Å². The Kier molecular flexibility index (Phi) is 2.59. The molecule has 17 heavy (non-hydrogen) atoms. The minimum absolute atomic E-state index is 0.481. The summed E-state index contributed by atoms with van der Waals surface area (Å²) in [6.45, 7) is 0.481. The Morgan fingerprint density at radius 2 is 2.06 bits per heavy atom. The van der Waals surface area contributed by atoms with Gasteiger partial charge in [-0.3, -0.25) is 4.98 Å². The molecular formula is C13H11N3S. The molecule has 0 aliphatic carbocycles. The van der Waals surface area contributed by atoms with Gasteiger partial charge in [-0.2, -0.15) is 0 Å². The van der Waals surface area contributed by atoms with E-state index in [9.17, 15) is 0 Å². The van der Waals surface area contributed by atoms with E-state index in [0.717, 1.165) is 27.2 Å². The van der Waals surface area contributed by atoms with Gasteiger partial charge in [-0.05, 0) is 12.1 Å². The van der Waals surface area contributed by atoms with E-state index in [0.29, 0.717) is 6.54 Å². The molecule has 0 atom stereocenters. The number of rotatable bonds is 2. The van der Waals surface area contributed by atoms with Crippen molar-refractivity contribution < 1.29 is 0 Å². The maximum atomic E-state index is 5.58. The van der Waals surface area contributed by atoms with Crippen molar-refractivity contribution in [2.24, 2.45) is 5.73 Å². The second-order valence-electron chi connectivity index (χ2n) is 3.73. The maximum absolute atomic E-state index is 5.58. The summed E-state index contributed by atoms with van der Waals surface area (Å²) < 4.78 is 0. The molecule has 4 heteroatoms. The van der Waals surface area contributed by atoms with Crippen LogP contribution in [0, 0.1) is 0 Å². The molecule has 0 bridgehead atoms. The van der Waals surface area contributed by atoms with E-state index in [1.165, 1.54) is 0 Å². The van der Waals surface area contributed by atoms with E-state index < -0.39 is 0 Å². The van der Waals surface area contributed by atoms with Crippen molar-refractivity contribution in [3.05, 3.63) is 47.6 Å². The summed E-state index contributed by atoms with van der Waals surface area (Å²) in [5.41, 5.74) is 8.58. The number of para-hydroxylation sites is 1. The molecule has 2 heterocycles. The number of hydrogen-bond donors (Lipinski definition) is 1. The van der Waals surface area contributed by atoms with Crippen molar-refractivity contribution in [2.75, 3.05) is 0 Å². The Labute approximate surface area is 103 Å². The first kappa shape index (κ1) is 10.4. The van der Waals surface area contributed by atoms with Gasteiger partial charge in [0.15, 0.2) is 0 Å². The topological polar surface area (TPSA) is 51.8 Å². The average molecular weight is 241 g/mol. The molecule has 0 amide bonds. The molecule has 0 unspecified atom stereocenters. The summed E-state index contributed by atoms with van der Waals surface area (Å²) in [6, 6.07) is 10.1. The molecule has 0 spiro atoms. The number of benzene rings is 1. The fraction of sp³-hybridized carbons (Fsp3) is 0.0769. The predicted octanol–water partition coefficient (Wildman–Crippen LogP) is 2.82. The number of fused-ring (bicyclic) bond motifs is 1. The highest BCUT2D eigenvalue weighted by atomic mass is 32.1. The fourth-order valence-electron chi connectivity index (χ4n) is 1.80. The zero-order valence-corrected chi connectivity index (χ0v) is 9.95. The lowest BCUT2D eigenvalue weighted by Gasteiger charge is -2.01. The monoisotopic (exact) mass is 241 g/mol.